The van der Waals surface area contributed by atoms with Crippen molar-refractivity contribution in [3.63, 3.8) is 0 Å². The van der Waals surface area contributed by atoms with Crippen molar-refractivity contribution in [2.45, 2.75) is 39.3 Å². The van der Waals surface area contributed by atoms with Crippen molar-refractivity contribution in [1.82, 2.24) is 20.3 Å². The van der Waals surface area contributed by atoms with Gasteiger partial charge in [-0.3, -0.25) is 9.48 Å². The SMILES string of the molecule is CCOC(=O)CCCNCc1cn(CCCO)nn1. The van der Waals surface area contributed by atoms with E-state index >= 15 is 0 Å². The molecule has 0 aliphatic rings. The monoisotopic (exact) mass is 270 g/mol. The number of carbonyl (C=O) groups excluding carboxylic acids is 1. The zero-order valence-electron chi connectivity index (χ0n) is 11.3. The zero-order valence-corrected chi connectivity index (χ0v) is 11.3. The fraction of sp³-hybridized carbons (Fsp3) is 0.750. The van der Waals surface area contributed by atoms with Crippen LogP contribution in [0.25, 0.3) is 0 Å². The third kappa shape index (κ3) is 6.88. The van der Waals surface area contributed by atoms with Crippen molar-refractivity contribution in [2.75, 3.05) is 19.8 Å². The Bertz CT molecular complexity index is 368. The summed E-state index contributed by atoms with van der Waals surface area (Å²) < 4.78 is 6.55. The number of ether oxygens (including phenoxy) is 1. The summed E-state index contributed by atoms with van der Waals surface area (Å²) >= 11 is 0. The van der Waals surface area contributed by atoms with E-state index in [1.165, 1.54) is 0 Å². The fourth-order valence-corrected chi connectivity index (χ4v) is 1.57. The number of nitrogens with zero attached hydrogens (tertiary/aromatic N) is 3. The molecule has 19 heavy (non-hydrogen) atoms. The van der Waals surface area contributed by atoms with Crippen LogP contribution in [0.1, 0.15) is 31.9 Å². The molecular weight excluding hydrogens is 248 g/mol. The Balaban J connectivity index is 2.09. The number of aryl methyl sites for hydroxylation is 1. The third-order valence-electron chi connectivity index (χ3n) is 2.48. The Morgan fingerprint density at radius 1 is 1.53 bits per heavy atom. The second-order valence-corrected chi connectivity index (χ2v) is 4.14. The molecule has 108 valence electrons. The van der Waals surface area contributed by atoms with E-state index in [0.29, 0.717) is 32.5 Å². The lowest BCUT2D eigenvalue weighted by Crippen LogP contribution is -2.16. The number of nitrogens with one attached hydrogen (secondary N) is 1. The van der Waals surface area contributed by atoms with E-state index in [-0.39, 0.29) is 12.6 Å². The van der Waals surface area contributed by atoms with Crippen molar-refractivity contribution in [2.24, 2.45) is 0 Å². The van der Waals surface area contributed by atoms with Gasteiger partial charge in [-0.25, -0.2) is 0 Å². The molecule has 0 bridgehead atoms. The Morgan fingerprint density at radius 3 is 3.11 bits per heavy atom. The number of aliphatic hydroxyl groups excluding tert-OH is 1. The van der Waals surface area contributed by atoms with Crippen LogP contribution >= 0.6 is 0 Å². The van der Waals surface area contributed by atoms with Crippen LogP contribution in [0, 0.1) is 0 Å². The quantitative estimate of drug-likeness (QED) is 0.463. The van der Waals surface area contributed by atoms with Crippen LogP contribution in [0.4, 0.5) is 0 Å². The first kappa shape index (κ1) is 15.6. The van der Waals surface area contributed by atoms with Gasteiger partial charge in [0.1, 0.15) is 0 Å². The Hall–Kier alpha value is -1.47. The molecule has 0 aliphatic carbocycles. The fourth-order valence-electron chi connectivity index (χ4n) is 1.57. The highest BCUT2D eigenvalue weighted by molar-refractivity contribution is 5.69. The smallest absolute Gasteiger partial charge is 0.305 e. The average Bonchev–Trinajstić information content (AvgIpc) is 2.84. The summed E-state index contributed by atoms with van der Waals surface area (Å²) in [5.41, 5.74) is 0.856. The number of aromatic nitrogens is 3. The summed E-state index contributed by atoms with van der Waals surface area (Å²) in [7, 11) is 0. The van der Waals surface area contributed by atoms with E-state index in [1.54, 1.807) is 11.6 Å². The van der Waals surface area contributed by atoms with Crippen LogP contribution in [0.5, 0.6) is 0 Å². The molecule has 0 aliphatic heterocycles. The second kappa shape index (κ2) is 9.46. The first-order valence-corrected chi connectivity index (χ1v) is 6.62. The number of hydrogen-bond acceptors (Lipinski definition) is 6. The molecule has 1 aromatic heterocycles. The first-order valence-electron chi connectivity index (χ1n) is 6.62. The molecule has 0 fully saturated rings. The Kier molecular flexibility index (Phi) is 7.76. The van der Waals surface area contributed by atoms with Crippen LogP contribution in [0.2, 0.25) is 0 Å². The van der Waals surface area contributed by atoms with Gasteiger partial charge in [0.05, 0.1) is 12.3 Å². The van der Waals surface area contributed by atoms with Crippen LogP contribution in [0.15, 0.2) is 6.20 Å². The molecule has 0 amide bonds. The van der Waals surface area contributed by atoms with Crippen LogP contribution in [0.3, 0.4) is 0 Å². The summed E-state index contributed by atoms with van der Waals surface area (Å²) in [5, 5.41) is 19.9. The molecule has 0 radical (unpaired) electrons. The summed E-state index contributed by atoms with van der Waals surface area (Å²) in [6, 6.07) is 0. The van der Waals surface area contributed by atoms with Crippen molar-refractivity contribution in [3.8, 4) is 0 Å². The van der Waals surface area contributed by atoms with Gasteiger partial charge in [-0.05, 0) is 26.3 Å². The molecule has 1 aromatic rings. The number of hydrogen-bond donors (Lipinski definition) is 2. The van der Waals surface area contributed by atoms with Crippen molar-refractivity contribution in [3.05, 3.63) is 11.9 Å². The van der Waals surface area contributed by atoms with Gasteiger partial charge < -0.3 is 15.2 Å². The van der Waals surface area contributed by atoms with Gasteiger partial charge in [-0.15, -0.1) is 5.10 Å². The molecule has 7 nitrogen and oxygen atoms in total. The van der Waals surface area contributed by atoms with E-state index in [0.717, 1.165) is 18.7 Å². The van der Waals surface area contributed by atoms with Gasteiger partial charge in [0.25, 0.3) is 0 Å². The van der Waals surface area contributed by atoms with Gasteiger partial charge >= 0.3 is 5.97 Å². The van der Waals surface area contributed by atoms with Gasteiger partial charge in [0.15, 0.2) is 0 Å². The van der Waals surface area contributed by atoms with Gasteiger partial charge in [-0.2, -0.15) is 0 Å². The summed E-state index contributed by atoms with van der Waals surface area (Å²) in [6.07, 6.45) is 3.71. The number of aliphatic hydroxyl groups is 1. The molecule has 0 unspecified atom stereocenters. The normalized spacial score (nSPS) is 10.6. The maximum absolute atomic E-state index is 11.1. The highest BCUT2D eigenvalue weighted by Gasteiger charge is 2.02. The predicted octanol–water partition coefficient (Wildman–Crippen LogP) is 0.0934. The Labute approximate surface area is 112 Å². The first-order chi connectivity index (χ1) is 9.26. The Morgan fingerprint density at radius 2 is 2.37 bits per heavy atom. The van der Waals surface area contributed by atoms with E-state index < -0.39 is 0 Å². The van der Waals surface area contributed by atoms with Crippen molar-refractivity contribution >= 4 is 5.97 Å². The number of esters is 1. The molecule has 0 aromatic carbocycles. The molecule has 1 rings (SSSR count). The molecule has 0 saturated carbocycles. The van der Waals surface area contributed by atoms with Gasteiger partial charge in [0, 0.05) is 32.3 Å². The van der Waals surface area contributed by atoms with Crippen molar-refractivity contribution < 1.29 is 14.6 Å². The minimum atomic E-state index is -0.153. The maximum Gasteiger partial charge on any atom is 0.305 e. The highest BCUT2D eigenvalue weighted by Crippen LogP contribution is 1.96. The van der Waals surface area contributed by atoms with Crippen LogP contribution in [-0.2, 0) is 22.6 Å². The minimum absolute atomic E-state index is 0.153. The lowest BCUT2D eigenvalue weighted by atomic mass is 10.3. The molecule has 0 atom stereocenters. The zero-order chi connectivity index (χ0) is 13.9. The van der Waals surface area contributed by atoms with Gasteiger partial charge in [-0.1, -0.05) is 5.21 Å². The van der Waals surface area contributed by atoms with E-state index in [1.807, 2.05) is 6.20 Å². The summed E-state index contributed by atoms with van der Waals surface area (Å²) in [6.45, 7) is 4.43. The molecular formula is C12H22N4O3. The summed E-state index contributed by atoms with van der Waals surface area (Å²) in [4.78, 5) is 11.1. The highest BCUT2D eigenvalue weighted by atomic mass is 16.5. The topological polar surface area (TPSA) is 89.3 Å². The summed E-state index contributed by atoms with van der Waals surface area (Å²) in [5.74, 6) is -0.153. The molecule has 0 spiro atoms. The van der Waals surface area contributed by atoms with Gasteiger partial charge in [0.2, 0.25) is 0 Å². The maximum atomic E-state index is 11.1. The molecule has 1 heterocycles. The van der Waals surface area contributed by atoms with E-state index in [9.17, 15) is 4.79 Å². The lowest BCUT2D eigenvalue weighted by molar-refractivity contribution is -0.143. The lowest BCUT2D eigenvalue weighted by Gasteiger charge is -2.02. The third-order valence-corrected chi connectivity index (χ3v) is 2.48. The van der Waals surface area contributed by atoms with E-state index in [4.69, 9.17) is 9.84 Å². The largest absolute Gasteiger partial charge is 0.466 e. The molecule has 0 saturated heterocycles. The molecule has 2 N–H and O–H groups in total. The molecule has 7 heteroatoms. The average molecular weight is 270 g/mol. The van der Waals surface area contributed by atoms with Crippen LogP contribution in [-0.4, -0.2) is 45.8 Å². The van der Waals surface area contributed by atoms with E-state index in [2.05, 4.69) is 15.6 Å². The van der Waals surface area contributed by atoms with Crippen LogP contribution < -0.4 is 5.32 Å². The second-order valence-electron chi connectivity index (χ2n) is 4.14. The minimum Gasteiger partial charge on any atom is -0.466 e. The predicted molar refractivity (Wildman–Crippen MR) is 69.3 cm³/mol. The number of rotatable bonds is 10. The standard InChI is InChI=1S/C12H22N4O3/c1-2-19-12(18)5-3-6-13-9-11-10-16(15-14-11)7-4-8-17/h10,13,17H,2-9H2,1H3. The number of carbonyl (C=O) groups is 1. The van der Waals surface area contributed by atoms with Crippen molar-refractivity contribution in [1.29, 1.82) is 0 Å².